The summed E-state index contributed by atoms with van der Waals surface area (Å²) in [6, 6.07) is 0. The van der Waals surface area contributed by atoms with Crippen molar-refractivity contribution in [2.75, 3.05) is 0 Å². The molecule has 1 aliphatic heterocycles. The lowest BCUT2D eigenvalue weighted by molar-refractivity contribution is -0.179. The van der Waals surface area contributed by atoms with Gasteiger partial charge in [-0.05, 0) is 6.42 Å². The molecule has 0 radical (unpaired) electrons. The van der Waals surface area contributed by atoms with E-state index in [-0.39, 0.29) is 6.10 Å². The fourth-order valence-corrected chi connectivity index (χ4v) is 1.09. The molecule has 1 fully saturated rings. The Morgan fingerprint density at radius 2 is 2.27 bits per heavy atom. The van der Waals surface area contributed by atoms with Gasteiger partial charge in [-0.15, -0.1) is 0 Å². The van der Waals surface area contributed by atoms with E-state index in [4.69, 9.17) is 14.9 Å². The van der Waals surface area contributed by atoms with Crippen molar-refractivity contribution in [3.05, 3.63) is 0 Å². The molecule has 3 atom stereocenters. The van der Waals surface area contributed by atoms with Crippen molar-refractivity contribution in [1.82, 2.24) is 0 Å². The first-order chi connectivity index (χ1) is 5.15. The Hall–Kier alpha value is -0.610. The molecule has 64 valence electrons. The quantitative estimate of drug-likeness (QED) is 0.504. The molecule has 0 unspecified atom stereocenters. The topological polar surface area (TPSA) is 66.8 Å². The molecule has 0 spiro atoms. The van der Waals surface area contributed by atoms with Crippen molar-refractivity contribution in [3.63, 3.8) is 0 Å². The lowest BCUT2D eigenvalue weighted by Gasteiger charge is -2.28. The van der Waals surface area contributed by atoms with Crippen molar-refractivity contribution in [3.8, 4) is 0 Å². The van der Waals surface area contributed by atoms with Gasteiger partial charge in [0, 0.05) is 6.42 Å². The van der Waals surface area contributed by atoms with Gasteiger partial charge in [-0.2, -0.15) is 0 Å². The molecule has 1 saturated heterocycles. The zero-order valence-corrected chi connectivity index (χ0v) is 6.36. The number of aliphatic hydroxyl groups excluding tert-OH is 2. The summed E-state index contributed by atoms with van der Waals surface area (Å²) in [5, 5.41) is 18.0. The van der Waals surface area contributed by atoms with E-state index in [2.05, 4.69) is 0 Å². The lowest BCUT2D eigenvalue weighted by atomic mass is 10.0. The van der Waals surface area contributed by atoms with Crippen molar-refractivity contribution in [1.29, 1.82) is 0 Å². The zero-order chi connectivity index (χ0) is 8.43. The minimum Gasteiger partial charge on any atom is -0.460 e. The van der Waals surface area contributed by atoms with Crippen molar-refractivity contribution in [2.24, 2.45) is 0 Å². The van der Waals surface area contributed by atoms with Gasteiger partial charge in [0.2, 0.25) is 0 Å². The summed E-state index contributed by atoms with van der Waals surface area (Å²) in [6.07, 6.45) is -1.53. The van der Waals surface area contributed by atoms with Crippen LogP contribution in [0.15, 0.2) is 0 Å². The van der Waals surface area contributed by atoms with Crippen LogP contribution >= 0.6 is 0 Å². The van der Waals surface area contributed by atoms with Gasteiger partial charge in [0.15, 0.2) is 6.10 Å². The maximum Gasteiger partial charge on any atom is 0.337 e. The number of rotatable bonds is 1. The summed E-state index contributed by atoms with van der Waals surface area (Å²) in [6.45, 7) is 1.86. The van der Waals surface area contributed by atoms with E-state index in [9.17, 15) is 4.79 Å². The van der Waals surface area contributed by atoms with E-state index in [1.165, 1.54) is 0 Å². The summed E-state index contributed by atoms with van der Waals surface area (Å²) in [5.74, 6) is -0.712. The largest absolute Gasteiger partial charge is 0.460 e. The number of hydrogen-bond acceptors (Lipinski definition) is 4. The average molecular weight is 160 g/mol. The molecule has 11 heavy (non-hydrogen) atoms. The van der Waals surface area contributed by atoms with Gasteiger partial charge in [0.05, 0.1) is 6.10 Å². The summed E-state index contributed by atoms with van der Waals surface area (Å²) in [7, 11) is 0. The van der Waals surface area contributed by atoms with Crippen molar-refractivity contribution >= 4 is 5.97 Å². The standard InChI is InChI=1S/C7H12O4/c1-2-4-3-5(8)6(9)7(10)11-4/h4-6,8-9H,2-3H2,1H3/t4-,5+,6-/m0/s1. The Bertz CT molecular complexity index is 157. The van der Waals surface area contributed by atoms with Gasteiger partial charge in [0.25, 0.3) is 0 Å². The maximum atomic E-state index is 10.7. The second-order valence-electron chi connectivity index (χ2n) is 2.72. The number of aliphatic hydroxyl groups is 2. The van der Waals surface area contributed by atoms with Crippen LogP contribution in [0.4, 0.5) is 0 Å². The van der Waals surface area contributed by atoms with Gasteiger partial charge in [-0.25, -0.2) is 4.79 Å². The van der Waals surface area contributed by atoms with Crippen LogP contribution in [0.3, 0.4) is 0 Å². The molecule has 0 saturated carbocycles. The molecule has 1 heterocycles. The molecule has 0 aromatic carbocycles. The Morgan fingerprint density at radius 1 is 1.64 bits per heavy atom. The highest BCUT2D eigenvalue weighted by atomic mass is 16.6. The molecule has 4 nitrogen and oxygen atoms in total. The van der Waals surface area contributed by atoms with E-state index in [1.807, 2.05) is 6.92 Å². The smallest absolute Gasteiger partial charge is 0.337 e. The summed E-state index contributed by atoms with van der Waals surface area (Å²) < 4.78 is 4.77. The lowest BCUT2D eigenvalue weighted by Crippen LogP contribution is -2.44. The molecule has 4 heteroatoms. The Morgan fingerprint density at radius 3 is 2.73 bits per heavy atom. The average Bonchev–Trinajstić information content (AvgIpc) is 1.99. The molecule has 0 aromatic heterocycles. The Balaban J connectivity index is 2.54. The first-order valence-corrected chi connectivity index (χ1v) is 3.71. The normalized spacial score (nSPS) is 38.5. The van der Waals surface area contributed by atoms with Crippen molar-refractivity contribution in [2.45, 2.75) is 38.1 Å². The third kappa shape index (κ3) is 1.70. The molecule has 1 rings (SSSR count). The zero-order valence-electron chi connectivity index (χ0n) is 6.36. The third-order valence-electron chi connectivity index (χ3n) is 1.85. The molecule has 0 aromatic rings. The van der Waals surface area contributed by atoms with Crippen LogP contribution in [-0.4, -0.2) is 34.5 Å². The Labute approximate surface area is 64.8 Å². The van der Waals surface area contributed by atoms with Crippen LogP contribution in [0.2, 0.25) is 0 Å². The number of carbonyl (C=O) groups is 1. The fourth-order valence-electron chi connectivity index (χ4n) is 1.09. The van der Waals surface area contributed by atoms with Crippen LogP contribution in [0, 0.1) is 0 Å². The minimum atomic E-state index is -1.35. The highest BCUT2D eigenvalue weighted by Crippen LogP contribution is 2.17. The molecule has 0 aliphatic carbocycles. The van der Waals surface area contributed by atoms with Gasteiger partial charge in [0.1, 0.15) is 6.10 Å². The molecule has 1 aliphatic rings. The second kappa shape index (κ2) is 3.19. The molecular formula is C7H12O4. The highest BCUT2D eigenvalue weighted by molar-refractivity contribution is 5.76. The van der Waals surface area contributed by atoms with Crippen LogP contribution in [0.25, 0.3) is 0 Å². The van der Waals surface area contributed by atoms with Gasteiger partial charge in [-0.3, -0.25) is 0 Å². The molecule has 0 amide bonds. The fraction of sp³-hybridized carbons (Fsp3) is 0.857. The summed E-state index contributed by atoms with van der Waals surface area (Å²) >= 11 is 0. The number of hydrogen-bond donors (Lipinski definition) is 2. The second-order valence-corrected chi connectivity index (χ2v) is 2.72. The number of carbonyl (C=O) groups excluding carboxylic acids is 1. The molecule has 2 N–H and O–H groups in total. The van der Waals surface area contributed by atoms with Gasteiger partial charge >= 0.3 is 5.97 Å². The highest BCUT2D eigenvalue weighted by Gasteiger charge is 2.34. The predicted molar refractivity (Wildman–Crippen MR) is 36.8 cm³/mol. The monoisotopic (exact) mass is 160 g/mol. The van der Waals surface area contributed by atoms with Crippen LogP contribution in [0.1, 0.15) is 19.8 Å². The van der Waals surface area contributed by atoms with E-state index < -0.39 is 18.2 Å². The van der Waals surface area contributed by atoms with E-state index in [0.29, 0.717) is 12.8 Å². The van der Waals surface area contributed by atoms with E-state index in [0.717, 1.165) is 0 Å². The van der Waals surface area contributed by atoms with Crippen LogP contribution in [0.5, 0.6) is 0 Å². The van der Waals surface area contributed by atoms with Gasteiger partial charge in [-0.1, -0.05) is 6.92 Å². The third-order valence-corrected chi connectivity index (χ3v) is 1.85. The number of ether oxygens (including phenoxy) is 1. The van der Waals surface area contributed by atoms with E-state index in [1.54, 1.807) is 0 Å². The molecular weight excluding hydrogens is 148 g/mol. The minimum absolute atomic E-state index is 0.235. The van der Waals surface area contributed by atoms with Crippen LogP contribution in [-0.2, 0) is 9.53 Å². The first-order valence-electron chi connectivity index (χ1n) is 3.71. The first kappa shape index (κ1) is 8.49. The van der Waals surface area contributed by atoms with Gasteiger partial charge < -0.3 is 14.9 Å². The number of esters is 1. The maximum absolute atomic E-state index is 10.7. The van der Waals surface area contributed by atoms with Crippen LogP contribution < -0.4 is 0 Å². The number of cyclic esters (lactones) is 1. The van der Waals surface area contributed by atoms with Crippen molar-refractivity contribution < 1.29 is 19.7 Å². The summed E-state index contributed by atoms with van der Waals surface area (Å²) in [5.41, 5.74) is 0. The Kier molecular flexibility index (Phi) is 2.46. The summed E-state index contributed by atoms with van der Waals surface area (Å²) in [4.78, 5) is 10.7. The van der Waals surface area contributed by atoms with E-state index >= 15 is 0 Å². The predicted octanol–water partition coefficient (Wildman–Crippen LogP) is -0.566. The SMILES string of the molecule is CC[C@H]1C[C@@H](O)[C@H](O)C(=O)O1. The molecule has 0 bridgehead atoms.